The molecule has 9 nitrogen and oxygen atoms in total. The van der Waals surface area contributed by atoms with Gasteiger partial charge in [0.1, 0.15) is 0 Å². The highest BCUT2D eigenvalue weighted by atomic mass is 15.0. The Morgan fingerprint density at radius 2 is 0.445 bits per heavy atom. The molecule has 3 aliphatic rings. The van der Waals surface area contributed by atoms with Gasteiger partial charge in [-0.1, -0.05) is 244 Å². The SMILES string of the molecule is CC1(C)c2ccccc2-c2cc3c4cc(-c5cc(-c6cccc(-c7cccc(-c8ccncc8)n7)c6)cc(-c6cccc(-c7cccc(-c8ccncc8)n7)c6)c5)ccc4n(-c4ccccc4)c3cc21.c1cc(-c2cc(-c3cccc(-c4cccc(-c5ccncc5)n4)c3)cc(-c3ccc4c(c3)C3(c5ccccc5-c5ccccc53)c3ccccc3-4)c2)cc(-c2cccc(-c3ccncc3)n2)c1. The van der Waals surface area contributed by atoms with Gasteiger partial charge in [-0.05, 0) is 334 Å². The smallest absolute Gasteiger partial charge is 0.0725 e. The van der Waals surface area contributed by atoms with E-state index in [4.69, 9.17) is 19.9 Å². The Balaban J connectivity index is 0.000000146. The lowest BCUT2D eigenvalue weighted by Crippen LogP contribution is -2.25. The summed E-state index contributed by atoms with van der Waals surface area (Å²) in [6, 6.07) is 156. The first-order chi connectivity index (χ1) is 67.6. The summed E-state index contributed by atoms with van der Waals surface area (Å²) in [5.41, 5.74) is 48.1. The van der Waals surface area contributed by atoms with Gasteiger partial charge < -0.3 is 4.57 Å². The first kappa shape index (κ1) is 81.1. The van der Waals surface area contributed by atoms with Gasteiger partial charge in [0, 0.05) is 116 Å². The van der Waals surface area contributed by atoms with Gasteiger partial charge >= 0.3 is 0 Å². The third kappa shape index (κ3) is 14.4. The van der Waals surface area contributed by atoms with Gasteiger partial charge in [-0.2, -0.15) is 0 Å². The monoisotopic (exact) mass is 1750 g/mol. The molecular formula is C128H85N9. The Morgan fingerprint density at radius 1 is 0.168 bits per heavy atom. The van der Waals surface area contributed by atoms with Crippen molar-refractivity contribution in [3.8, 4) is 196 Å². The molecular weight excluding hydrogens is 1660 g/mol. The van der Waals surface area contributed by atoms with E-state index in [1.165, 1.54) is 94.1 Å². The van der Waals surface area contributed by atoms with E-state index in [2.05, 4.69) is 421 Å². The number of hydrogen-bond donors (Lipinski definition) is 0. The predicted molar refractivity (Wildman–Crippen MR) is 560 cm³/mol. The normalized spacial score (nSPS) is 12.6. The van der Waals surface area contributed by atoms with E-state index < -0.39 is 5.41 Å². The molecule has 0 saturated carbocycles. The third-order valence-corrected chi connectivity index (χ3v) is 27.9. The quantitative estimate of drug-likeness (QED) is 0.0999. The van der Waals surface area contributed by atoms with Gasteiger partial charge in [0.2, 0.25) is 0 Å². The fourth-order valence-electron chi connectivity index (χ4n) is 21.3. The molecule has 0 amide bonds. The minimum absolute atomic E-state index is 0.119. The number of fused-ring (bicyclic) bond motifs is 16. The largest absolute Gasteiger partial charge is 0.309 e. The number of hydrogen-bond acceptors (Lipinski definition) is 8. The molecule has 14 aromatic carbocycles. The van der Waals surface area contributed by atoms with Gasteiger partial charge in [0.05, 0.1) is 62.0 Å². The molecule has 0 radical (unpaired) electrons. The van der Waals surface area contributed by atoms with Crippen LogP contribution >= 0.6 is 0 Å². The molecule has 0 fully saturated rings. The summed E-state index contributed by atoms with van der Waals surface area (Å²) in [6.45, 7) is 4.72. The molecule has 0 atom stereocenters. The van der Waals surface area contributed by atoms with Gasteiger partial charge in [-0.25, -0.2) is 19.9 Å². The standard InChI is InChI=1S/C65H45N5.C63H40N4/c1-65(2)57-19-7-6-18-53(57)54-40-56-55-39-46(24-25-63(55)70(64(56)41-58(54)65)52-16-4-3-5-17-52)51-37-49(44-12-8-14-47(34-44)61-22-10-20-59(68-61)42-26-30-66-31-27-42)36-50(38-51)45-13-9-15-48(35-45)62-23-11-21-60(69-62)43-28-32-67-33-29-43;1-4-18-55-51(15-1)52-16-2-5-19-56(52)63(55)57-20-6-3-17-53(57)54-26-25-45(40-58(54)63)50-38-48(43-11-7-13-46(35-43)61-23-9-21-59(66-61)41-27-31-64-32-28-41)37-49(39-50)44-12-8-14-47(36-44)62-24-10-22-60(67-62)42-29-33-65-34-30-42/h3-41H,1-2H3;1-40H. The highest BCUT2D eigenvalue weighted by molar-refractivity contribution is 6.13. The maximum atomic E-state index is 5.12. The first-order valence-electron chi connectivity index (χ1n) is 46.6. The van der Waals surface area contributed by atoms with Crippen molar-refractivity contribution in [3.05, 3.63) is 514 Å². The Bertz CT molecular complexity index is 8330. The molecule has 9 aromatic heterocycles. The topological polar surface area (TPSA) is 108 Å². The van der Waals surface area contributed by atoms with Gasteiger partial charge in [0.25, 0.3) is 0 Å². The van der Waals surface area contributed by atoms with Crippen LogP contribution < -0.4 is 0 Å². The summed E-state index contributed by atoms with van der Waals surface area (Å²) in [4.78, 5) is 37.4. The molecule has 9 heterocycles. The Morgan fingerprint density at radius 3 is 0.818 bits per heavy atom. The summed E-state index contributed by atoms with van der Waals surface area (Å²) < 4.78 is 2.45. The summed E-state index contributed by atoms with van der Waals surface area (Å²) in [6.07, 6.45) is 14.5. The van der Waals surface area contributed by atoms with Gasteiger partial charge in [0.15, 0.2) is 0 Å². The second-order valence-electron chi connectivity index (χ2n) is 36.1. The molecule has 0 aliphatic heterocycles. The van der Waals surface area contributed by atoms with Crippen LogP contribution in [-0.2, 0) is 10.8 Å². The lowest BCUT2D eigenvalue weighted by Gasteiger charge is -2.30. The number of nitrogens with zero attached hydrogens (tertiary/aromatic N) is 9. The van der Waals surface area contributed by atoms with E-state index in [-0.39, 0.29) is 5.41 Å². The number of benzene rings is 14. The molecule has 137 heavy (non-hydrogen) atoms. The minimum Gasteiger partial charge on any atom is -0.309 e. The van der Waals surface area contributed by atoms with Crippen LogP contribution in [0.1, 0.15) is 47.2 Å². The molecule has 0 unspecified atom stereocenters. The van der Waals surface area contributed by atoms with Crippen molar-refractivity contribution in [3.63, 3.8) is 0 Å². The van der Waals surface area contributed by atoms with Crippen LogP contribution in [0.5, 0.6) is 0 Å². The summed E-state index contributed by atoms with van der Waals surface area (Å²) in [7, 11) is 0. The van der Waals surface area contributed by atoms with Crippen LogP contribution in [0.25, 0.3) is 218 Å². The molecule has 0 saturated heterocycles. The highest BCUT2D eigenvalue weighted by Crippen LogP contribution is 2.64. The summed E-state index contributed by atoms with van der Waals surface area (Å²) in [5, 5.41) is 2.46. The van der Waals surface area contributed by atoms with E-state index in [1.807, 2.05) is 98.1 Å². The van der Waals surface area contributed by atoms with Crippen molar-refractivity contribution in [1.29, 1.82) is 0 Å². The van der Waals surface area contributed by atoms with Crippen molar-refractivity contribution in [2.45, 2.75) is 24.7 Å². The van der Waals surface area contributed by atoms with Gasteiger partial charge in [-0.3, -0.25) is 19.9 Å². The molecule has 642 valence electrons. The van der Waals surface area contributed by atoms with Crippen molar-refractivity contribution < 1.29 is 0 Å². The van der Waals surface area contributed by atoms with Crippen molar-refractivity contribution in [2.75, 3.05) is 0 Å². The molecule has 26 rings (SSSR count). The van der Waals surface area contributed by atoms with Crippen molar-refractivity contribution in [1.82, 2.24) is 44.4 Å². The average Bonchev–Trinajstić information content (AvgIpc) is 1.50. The van der Waals surface area contributed by atoms with Crippen LogP contribution in [-0.4, -0.2) is 44.4 Å². The maximum absolute atomic E-state index is 5.12. The lowest BCUT2D eigenvalue weighted by atomic mass is 9.70. The number of pyridine rings is 8. The number of rotatable bonds is 15. The van der Waals surface area contributed by atoms with Crippen LogP contribution in [0.4, 0.5) is 0 Å². The highest BCUT2D eigenvalue weighted by Gasteiger charge is 2.52. The first-order valence-corrected chi connectivity index (χ1v) is 46.6. The van der Waals surface area contributed by atoms with E-state index in [1.54, 1.807) is 0 Å². The second kappa shape index (κ2) is 33.7. The maximum Gasteiger partial charge on any atom is 0.0725 e. The Kier molecular flexibility index (Phi) is 20.0. The van der Waals surface area contributed by atoms with E-state index >= 15 is 0 Å². The summed E-state index contributed by atoms with van der Waals surface area (Å²) in [5.74, 6) is 0. The lowest BCUT2D eigenvalue weighted by molar-refractivity contribution is 0.661. The van der Waals surface area contributed by atoms with Crippen molar-refractivity contribution >= 4 is 21.8 Å². The third-order valence-electron chi connectivity index (χ3n) is 27.9. The van der Waals surface area contributed by atoms with Crippen LogP contribution in [0.3, 0.4) is 0 Å². The summed E-state index contributed by atoms with van der Waals surface area (Å²) >= 11 is 0. The second-order valence-corrected chi connectivity index (χ2v) is 36.1. The van der Waals surface area contributed by atoms with Crippen molar-refractivity contribution in [2.24, 2.45) is 0 Å². The van der Waals surface area contributed by atoms with Crippen LogP contribution in [0.2, 0.25) is 0 Å². The Hall–Kier alpha value is -17.9. The minimum atomic E-state index is -0.437. The molecule has 0 bridgehead atoms. The van der Waals surface area contributed by atoms with E-state index in [0.717, 1.165) is 157 Å². The molecule has 1 spiro atoms. The zero-order chi connectivity index (χ0) is 91.1. The van der Waals surface area contributed by atoms with Crippen LogP contribution in [0.15, 0.2) is 480 Å². The van der Waals surface area contributed by atoms with Gasteiger partial charge in [-0.15, -0.1) is 0 Å². The average molecular weight is 1750 g/mol. The number of aromatic nitrogens is 9. The zero-order valence-corrected chi connectivity index (χ0v) is 75.1. The molecule has 23 aromatic rings. The molecule has 3 aliphatic carbocycles. The predicted octanol–water partition coefficient (Wildman–Crippen LogP) is 31.6. The zero-order valence-electron chi connectivity index (χ0n) is 75.1. The fourth-order valence-corrected chi connectivity index (χ4v) is 21.3. The fraction of sp³-hybridized carbons (Fsp3) is 0.0312. The van der Waals surface area contributed by atoms with E-state index in [9.17, 15) is 0 Å². The Labute approximate surface area is 795 Å². The number of para-hydroxylation sites is 1. The van der Waals surface area contributed by atoms with E-state index in [0.29, 0.717) is 0 Å². The molecule has 9 heteroatoms. The molecule has 0 N–H and O–H groups in total. The van der Waals surface area contributed by atoms with Crippen LogP contribution in [0, 0.1) is 0 Å².